The van der Waals surface area contributed by atoms with E-state index in [1.165, 1.54) is 0 Å². The molecule has 150 valence electrons. The second kappa shape index (κ2) is 8.62. The van der Waals surface area contributed by atoms with E-state index in [-0.39, 0.29) is 11.9 Å². The van der Waals surface area contributed by atoms with E-state index in [1.807, 2.05) is 30.3 Å². The maximum atomic E-state index is 12.5. The molecule has 0 unspecified atom stereocenters. The Hall–Kier alpha value is -2.27. The van der Waals surface area contributed by atoms with Crippen molar-refractivity contribution in [3.63, 3.8) is 0 Å². The van der Waals surface area contributed by atoms with Gasteiger partial charge in [0.25, 0.3) is 0 Å². The van der Waals surface area contributed by atoms with Crippen LogP contribution in [0.1, 0.15) is 28.8 Å². The number of hydrogen-bond acceptors (Lipinski definition) is 4. The molecule has 0 aliphatic carbocycles. The highest BCUT2D eigenvalue weighted by Gasteiger charge is 2.18. The molecule has 29 heavy (non-hydrogen) atoms. The minimum Gasteiger partial charge on any atom is -0.487 e. The summed E-state index contributed by atoms with van der Waals surface area (Å²) < 4.78 is 5.71. The van der Waals surface area contributed by atoms with E-state index >= 15 is 0 Å². The summed E-state index contributed by atoms with van der Waals surface area (Å²) in [4.78, 5) is 14.8. The molecule has 0 spiro atoms. The van der Waals surface area contributed by atoms with Crippen molar-refractivity contribution in [1.82, 2.24) is 0 Å². The molecule has 4 nitrogen and oxygen atoms in total. The number of fused-ring (bicyclic) bond motifs is 1. The van der Waals surface area contributed by atoms with Gasteiger partial charge in [-0.2, -0.15) is 0 Å². The first-order valence-electron chi connectivity index (χ1n) is 9.57. The summed E-state index contributed by atoms with van der Waals surface area (Å²) in [6.45, 7) is 2.01. The van der Waals surface area contributed by atoms with Crippen LogP contribution >= 0.6 is 23.2 Å². The molecule has 2 aliphatic heterocycles. The molecule has 2 aliphatic rings. The van der Waals surface area contributed by atoms with Gasteiger partial charge < -0.3 is 14.7 Å². The van der Waals surface area contributed by atoms with Crippen molar-refractivity contribution in [2.45, 2.75) is 18.9 Å². The highest BCUT2D eigenvalue weighted by atomic mass is 35.5. The third-order valence-corrected chi connectivity index (χ3v) is 5.69. The summed E-state index contributed by atoms with van der Waals surface area (Å²) >= 11 is 12.2. The van der Waals surface area contributed by atoms with Crippen LogP contribution in [0.3, 0.4) is 0 Å². The van der Waals surface area contributed by atoms with Crippen LogP contribution in [0, 0.1) is 0 Å². The molecule has 0 saturated carbocycles. The summed E-state index contributed by atoms with van der Waals surface area (Å²) in [5.74, 6) is 0.543. The number of carbonyl (C=O) groups is 1. The molecule has 1 N–H and O–H groups in total. The van der Waals surface area contributed by atoms with Crippen molar-refractivity contribution in [1.29, 1.82) is 0 Å². The van der Waals surface area contributed by atoms with Crippen molar-refractivity contribution < 1.29 is 14.6 Å². The molecule has 2 aromatic rings. The van der Waals surface area contributed by atoms with Gasteiger partial charge >= 0.3 is 0 Å². The Morgan fingerprint density at radius 3 is 2.59 bits per heavy atom. The summed E-state index contributed by atoms with van der Waals surface area (Å²) in [5, 5.41) is 10.7. The van der Waals surface area contributed by atoms with E-state index < -0.39 is 0 Å². The largest absolute Gasteiger partial charge is 0.487 e. The highest BCUT2D eigenvalue weighted by Crippen LogP contribution is 2.36. The van der Waals surface area contributed by atoms with Crippen LogP contribution in [-0.2, 0) is 0 Å². The number of aliphatic hydroxyl groups is 1. The van der Waals surface area contributed by atoms with E-state index in [2.05, 4.69) is 4.90 Å². The van der Waals surface area contributed by atoms with Crippen LogP contribution in [0.2, 0.25) is 10.0 Å². The molecule has 0 bridgehead atoms. The van der Waals surface area contributed by atoms with Gasteiger partial charge in [0.2, 0.25) is 0 Å². The maximum absolute atomic E-state index is 12.5. The number of piperidine rings is 1. The Labute approximate surface area is 180 Å². The fourth-order valence-corrected chi connectivity index (χ4v) is 4.14. The summed E-state index contributed by atoms with van der Waals surface area (Å²) in [5.41, 5.74) is 3.38. The summed E-state index contributed by atoms with van der Waals surface area (Å²) in [6, 6.07) is 11.0. The smallest absolute Gasteiger partial charge is 0.185 e. The lowest BCUT2D eigenvalue weighted by atomic mass is 10.0. The van der Waals surface area contributed by atoms with Crippen LogP contribution in [0.5, 0.6) is 5.75 Å². The molecule has 0 radical (unpaired) electrons. The van der Waals surface area contributed by atoms with Crippen molar-refractivity contribution in [2.24, 2.45) is 0 Å². The van der Waals surface area contributed by atoms with Gasteiger partial charge in [0, 0.05) is 34.9 Å². The van der Waals surface area contributed by atoms with Crippen LogP contribution in [-0.4, -0.2) is 36.7 Å². The Balaban J connectivity index is 1.44. The lowest BCUT2D eigenvalue weighted by Gasteiger charge is -2.31. The lowest BCUT2D eigenvalue weighted by Crippen LogP contribution is -2.35. The third-order valence-electron chi connectivity index (χ3n) is 5.19. The lowest BCUT2D eigenvalue weighted by molar-refractivity contribution is 0.104. The van der Waals surface area contributed by atoms with Crippen molar-refractivity contribution in [3.05, 3.63) is 75.3 Å². The fraction of sp³-hybridized carbons (Fsp3) is 0.261. The molecule has 0 aromatic heterocycles. The van der Waals surface area contributed by atoms with Gasteiger partial charge in [0.1, 0.15) is 12.4 Å². The Morgan fingerprint density at radius 1 is 1.14 bits per heavy atom. The van der Waals surface area contributed by atoms with Gasteiger partial charge in [0.15, 0.2) is 5.78 Å². The number of benzene rings is 2. The van der Waals surface area contributed by atoms with Gasteiger partial charge in [-0.15, -0.1) is 0 Å². The first-order valence-corrected chi connectivity index (χ1v) is 10.3. The number of ketones is 1. The zero-order chi connectivity index (χ0) is 20.4. The number of nitrogens with zero attached hydrogens (tertiary/aromatic N) is 1. The number of ether oxygens (including phenoxy) is 1. The van der Waals surface area contributed by atoms with Crippen molar-refractivity contribution in [3.8, 4) is 5.75 Å². The van der Waals surface area contributed by atoms with Gasteiger partial charge in [-0.1, -0.05) is 29.3 Å². The normalized spacial score (nSPS) is 17.1. The molecule has 1 saturated heterocycles. The molecule has 4 rings (SSSR count). The van der Waals surface area contributed by atoms with Gasteiger partial charge in [-0.3, -0.25) is 4.79 Å². The monoisotopic (exact) mass is 429 g/mol. The van der Waals surface area contributed by atoms with Crippen LogP contribution in [0.4, 0.5) is 5.69 Å². The Bertz CT molecular complexity index is 974. The Kier molecular flexibility index (Phi) is 5.95. The van der Waals surface area contributed by atoms with Gasteiger partial charge in [0.05, 0.1) is 11.1 Å². The van der Waals surface area contributed by atoms with E-state index in [4.69, 9.17) is 27.9 Å². The van der Waals surface area contributed by atoms with E-state index in [9.17, 15) is 9.90 Å². The van der Waals surface area contributed by atoms with Crippen LogP contribution < -0.4 is 9.64 Å². The SMILES string of the molecule is O=C(C=CC1=Cc2cc(Cl)cc(Cl)c2OC1)c1ccc(N2CCC(O)CC2)cc1. The van der Waals surface area contributed by atoms with Crippen LogP contribution in [0.25, 0.3) is 6.08 Å². The van der Waals surface area contributed by atoms with Gasteiger partial charge in [-0.05, 0) is 67.0 Å². The predicted molar refractivity (Wildman–Crippen MR) is 117 cm³/mol. The highest BCUT2D eigenvalue weighted by molar-refractivity contribution is 6.36. The number of halogens is 2. The summed E-state index contributed by atoms with van der Waals surface area (Å²) in [7, 11) is 0. The molecule has 1 fully saturated rings. The average molecular weight is 430 g/mol. The van der Waals surface area contributed by atoms with Crippen LogP contribution in [0.15, 0.2) is 54.1 Å². The second-order valence-electron chi connectivity index (χ2n) is 7.28. The topological polar surface area (TPSA) is 49.8 Å². The third kappa shape index (κ3) is 4.67. The average Bonchev–Trinajstić information content (AvgIpc) is 2.72. The van der Waals surface area contributed by atoms with Crippen molar-refractivity contribution in [2.75, 3.05) is 24.6 Å². The second-order valence-corrected chi connectivity index (χ2v) is 8.12. The van der Waals surface area contributed by atoms with E-state index in [0.29, 0.717) is 28.0 Å². The standard InChI is InChI=1S/C23H21Cl2NO3/c24-18-12-17-11-15(14-29-23(17)21(25)13-18)1-6-22(28)16-2-4-19(5-3-16)26-9-7-20(27)8-10-26/h1-6,11-13,20,27H,7-10,14H2. The quantitative estimate of drug-likeness (QED) is 0.537. The fourth-order valence-electron chi connectivity index (χ4n) is 3.57. The van der Waals surface area contributed by atoms with Gasteiger partial charge in [-0.25, -0.2) is 0 Å². The Morgan fingerprint density at radius 2 is 1.86 bits per heavy atom. The minimum absolute atomic E-state index is 0.0681. The number of carbonyl (C=O) groups excluding carboxylic acids is 1. The van der Waals surface area contributed by atoms with Crippen molar-refractivity contribution >= 4 is 40.7 Å². The zero-order valence-corrected chi connectivity index (χ0v) is 17.3. The maximum Gasteiger partial charge on any atom is 0.185 e. The molecule has 0 amide bonds. The number of rotatable bonds is 4. The molecule has 6 heteroatoms. The minimum atomic E-state index is -0.200. The number of anilines is 1. The molecular weight excluding hydrogens is 409 g/mol. The summed E-state index contributed by atoms with van der Waals surface area (Å²) in [6.07, 6.45) is 6.60. The molecule has 2 heterocycles. The number of aliphatic hydroxyl groups excluding tert-OH is 1. The number of hydrogen-bond donors (Lipinski definition) is 1. The first kappa shape index (κ1) is 20.0. The predicted octanol–water partition coefficient (Wildman–Crippen LogP) is 5.17. The zero-order valence-electron chi connectivity index (χ0n) is 15.8. The molecular formula is C23H21Cl2NO3. The number of allylic oxidation sites excluding steroid dienone is 1. The molecule has 0 atom stereocenters. The first-order chi connectivity index (χ1) is 14.0. The molecule has 2 aromatic carbocycles. The van der Waals surface area contributed by atoms with E-state index in [1.54, 1.807) is 24.3 Å². The van der Waals surface area contributed by atoms with E-state index in [0.717, 1.165) is 42.8 Å².